The lowest BCUT2D eigenvalue weighted by molar-refractivity contribution is -0.137. The number of benzene rings is 2. The van der Waals surface area contributed by atoms with E-state index in [2.05, 4.69) is 29.2 Å². The van der Waals surface area contributed by atoms with E-state index < -0.39 is 5.97 Å². The van der Waals surface area contributed by atoms with Gasteiger partial charge in [0, 0.05) is 44.2 Å². The molecule has 2 aromatic carbocycles. The Kier molecular flexibility index (Phi) is 7.52. The van der Waals surface area contributed by atoms with Crippen molar-refractivity contribution in [2.75, 3.05) is 40.4 Å². The summed E-state index contributed by atoms with van der Waals surface area (Å²) in [5, 5.41) is 9.18. The molecule has 1 atom stereocenters. The summed E-state index contributed by atoms with van der Waals surface area (Å²) in [7, 11) is 3.11. The maximum Gasteiger partial charge on any atom is 0.303 e. The second-order valence-electron chi connectivity index (χ2n) is 7.76. The third kappa shape index (κ3) is 5.55. The van der Waals surface area contributed by atoms with Crippen LogP contribution < -0.4 is 9.47 Å². The zero-order valence-electron chi connectivity index (χ0n) is 18.3. The SMILES string of the molecule is COc1ccc(C(=O)N2CCN([C@H](CCC(=O)O)c3ccc(C)cc3)CC2)cc1OC. The molecule has 7 heteroatoms. The Morgan fingerprint density at radius 1 is 0.968 bits per heavy atom. The van der Waals surface area contributed by atoms with E-state index in [1.54, 1.807) is 32.4 Å². The standard InChI is InChI=1S/C24H30N2O5/c1-17-4-6-18(7-5-17)20(9-11-23(27)28)25-12-14-26(15-13-25)24(29)19-8-10-21(30-2)22(16-19)31-3/h4-8,10,16,20H,9,11-15H2,1-3H3,(H,27,28)/t20-/m1/s1. The number of rotatable bonds is 8. The van der Waals surface area contributed by atoms with Crippen LogP contribution in [-0.2, 0) is 4.79 Å². The monoisotopic (exact) mass is 426 g/mol. The molecule has 0 radical (unpaired) electrons. The van der Waals surface area contributed by atoms with Crippen molar-refractivity contribution in [3.8, 4) is 11.5 Å². The number of carbonyl (C=O) groups excluding carboxylic acids is 1. The van der Waals surface area contributed by atoms with Crippen molar-refractivity contribution in [3.05, 3.63) is 59.2 Å². The predicted octanol–water partition coefficient (Wildman–Crippen LogP) is 3.38. The van der Waals surface area contributed by atoms with Gasteiger partial charge < -0.3 is 19.5 Å². The predicted molar refractivity (Wildman–Crippen MR) is 118 cm³/mol. The molecule has 0 bridgehead atoms. The van der Waals surface area contributed by atoms with Crippen LogP contribution in [0.1, 0.15) is 40.4 Å². The molecule has 1 saturated heterocycles. The van der Waals surface area contributed by atoms with Gasteiger partial charge in [0.25, 0.3) is 5.91 Å². The summed E-state index contributed by atoms with van der Waals surface area (Å²) in [6.07, 6.45) is 0.658. The van der Waals surface area contributed by atoms with Gasteiger partial charge in [0.05, 0.1) is 14.2 Å². The molecule has 0 aliphatic carbocycles. The number of carboxylic acids is 1. The molecule has 1 N–H and O–H groups in total. The number of aryl methyl sites for hydroxylation is 1. The normalized spacial score (nSPS) is 15.4. The molecule has 3 rings (SSSR count). The largest absolute Gasteiger partial charge is 0.493 e. The van der Waals surface area contributed by atoms with E-state index in [1.165, 1.54) is 5.56 Å². The van der Waals surface area contributed by atoms with Crippen LogP contribution in [0.2, 0.25) is 0 Å². The van der Waals surface area contributed by atoms with E-state index in [9.17, 15) is 14.7 Å². The highest BCUT2D eigenvalue weighted by atomic mass is 16.5. The van der Waals surface area contributed by atoms with Crippen LogP contribution in [0, 0.1) is 6.92 Å². The lowest BCUT2D eigenvalue weighted by atomic mass is 9.98. The van der Waals surface area contributed by atoms with E-state index in [1.807, 2.05) is 11.8 Å². The van der Waals surface area contributed by atoms with Gasteiger partial charge in [0.15, 0.2) is 11.5 Å². The van der Waals surface area contributed by atoms with Crippen molar-refractivity contribution >= 4 is 11.9 Å². The van der Waals surface area contributed by atoms with Crippen LogP contribution in [0.4, 0.5) is 0 Å². The van der Waals surface area contributed by atoms with E-state index in [0.29, 0.717) is 49.7 Å². The molecule has 2 aromatic rings. The van der Waals surface area contributed by atoms with Crippen molar-refractivity contribution in [2.45, 2.75) is 25.8 Å². The summed E-state index contributed by atoms with van der Waals surface area (Å²) in [5.74, 6) is 0.278. The molecule has 1 heterocycles. The highest BCUT2D eigenvalue weighted by Gasteiger charge is 2.28. The third-order valence-corrected chi connectivity index (χ3v) is 5.77. The van der Waals surface area contributed by atoms with Crippen molar-refractivity contribution in [3.63, 3.8) is 0 Å². The van der Waals surface area contributed by atoms with Crippen molar-refractivity contribution < 1.29 is 24.2 Å². The Balaban J connectivity index is 1.69. The highest BCUT2D eigenvalue weighted by molar-refractivity contribution is 5.95. The number of piperazine rings is 1. The highest BCUT2D eigenvalue weighted by Crippen LogP contribution is 2.30. The van der Waals surface area contributed by atoms with E-state index >= 15 is 0 Å². The summed E-state index contributed by atoms with van der Waals surface area (Å²) in [6, 6.07) is 13.5. The van der Waals surface area contributed by atoms with Crippen LogP contribution in [0.5, 0.6) is 11.5 Å². The third-order valence-electron chi connectivity index (χ3n) is 5.77. The molecule has 166 valence electrons. The first-order valence-corrected chi connectivity index (χ1v) is 10.5. The second kappa shape index (κ2) is 10.3. The van der Waals surface area contributed by atoms with Crippen LogP contribution in [0.25, 0.3) is 0 Å². The maximum atomic E-state index is 13.0. The summed E-state index contributed by atoms with van der Waals surface area (Å²) < 4.78 is 10.6. The van der Waals surface area contributed by atoms with Crippen LogP contribution in [-0.4, -0.2) is 67.2 Å². The summed E-state index contributed by atoms with van der Waals surface area (Å²) >= 11 is 0. The number of hydrogen-bond acceptors (Lipinski definition) is 5. The molecule has 1 aliphatic rings. The van der Waals surface area contributed by atoms with Gasteiger partial charge >= 0.3 is 5.97 Å². The second-order valence-corrected chi connectivity index (χ2v) is 7.76. The molecule has 1 aliphatic heterocycles. The minimum atomic E-state index is -0.792. The number of amides is 1. The number of nitrogens with zero attached hydrogens (tertiary/aromatic N) is 2. The zero-order chi connectivity index (χ0) is 22.4. The van der Waals surface area contributed by atoms with Crippen LogP contribution in [0.15, 0.2) is 42.5 Å². The van der Waals surface area contributed by atoms with Gasteiger partial charge in [0.1, 0.15) is 0 Å². The smallest absolute Gasteiger partial charge is 0.303 e. The van der Waals surface area contributed by atoms with Crippen LogP contribution in [0.3, 0.4) is 0 Å². The molecule has 31 heavy (non-hydrogen) atoms. The Bertz CT molecular complexity index is 905. The Hall–Kier alpha value is -3.06. The molecular weight excluding hydrogens is 396 g/mol. The minimum Gasteiger partial charge on any atom is -0.493 e. The molecule has 0 unspecified atom stereocenters. The molecule has 1 fully saturated rings. The van der Waals surface area contributed by atoms with E-state index in [0.717, 1.165) is 5.56 Å². The average Bonchev–Trinajstić information content (AvgIpc) is 2.79. The number of ether oxygens (including phenoxy) is 2. The van der Waals surface area contributed by atoms with Crippen molar-refractivity contribution in [2.24, 2.45) is 0 Å². The molecule has 0 aromatic heterocycles. The van der Waals surface area contributed by atoms with Gasteiger partial charge in [-0.3, -0.25) is 14.5 Å². The van der Waals surface area contributed by atoms with Crippen LogP contribution >= 0.6 is 0 Å². The molecule has 0 saturated carbocycles. The van der Waals surface area contributed by atoms with Gasteiger partial charge in [-0.05, 0) is 37.1 Å². The first-order valence-electron chi connectivity index (χ1n) is 10.5. The van der Waals surface area contributed by atoms with Crippen molar-refractivity contribution in [1.82, 2.24) is 9.80 Å². The average molecular weight is 427 g/mol. The zero-order valence-corrected chi connectivity index (χ0v) is 18.3. The first kappa shape index (κ1) is 22.6. The fraction of sp³-hybridized carbons (Fsp3) is 0.417. The summed E-state index contributed by atoms with van der Waals surface area (Å²) in [4.78, 5) is 28.3. The molecule has 1 amide bonds. The lowest BCUT2D eigenvalue weighted by Crippen LogP contribution is -2.49. The van der Waals surface area contributed by atoms with Gasteiger partial charge in [-0.15, -0.1) is 0 Å². The minimum absolute atomic E-state index is 0.0232. The lowest BCUT2D eigenvalue weighted by Gasteiger charge is -2.39. The Morgan fingerprint density at radius 3 is 2.19 bits per heavy atom. The molecule has 7 nitrogen and oxygen atoms in total. The number of methoxy groups -OCH3 is 2. The number of carbonyl (C=O) groups is 2. The topological polar surface area (TPSA) is 79.3 Å². The number of carboxylic acid groups (broad SMARTS) is 1. The van der Waals surface area contributed by atoms with Crippen molar-refractivity contribution in [1.29, 1.82) is 0 Å². The molecular formula is C24H30N2O5. The fourth-order valence-electron chi connectivity index (χ4n) is 4.00. The fourth-order valence-corrected chi connectivity index (χ4v) is 4.00. The van der Waals surface area contributed by atoms with Gasteiger partial charge in [-0.25, -0.2) is 0 Å². The number of hydrogen-bond donors (Lipinski definition) is 1. The summed E-state index contributed by atoms with van der Waals surface area (Å²) in [6.45, 7) is 4.59. The number of aliphatic carboxylic acids is 1. The van der Waals surface area contributed by atoms with E-state index in [-0.39, 0.29) is 18.4 Å². The quantitative estimate of drug-likeness (QED) is 0.697. The van der Waals surface area contributed by atoms with Gasteiger partial charge in [-0.2, -0.15) is 0 Å². The maximum absolute atomic E-state index is 13.0. The van der Waals surface area contributed by atoms with Gasteiger partial charge in [-0.1, -0.05) is 29.8 Å². The Labute approximate surface area is 183 Å². The summed E-state index contributed by atoms with van der Waals surface area (Å²) in [5.41, 5.74) is 2.85. The van der Waals surface area contributed by atoms with Gasteiger partial charge in [0.2, 0.25) is 0 Å². The first-order chi connectivity index (χ1) is 14.9. The molecule has 0 spiro atoms. The Morgan fingerprint density at radius 2 is 1.61 bits per heavy atom. The van der Waals surface area contributed by atoms with E-state index in [4.69, 9.17) is 9.47 Å².